The number of rotatable bonds is 5. The fourth-order valence-electron chi connectivity index (χ4n) is 2.04. The fraction of sp³-hybridized carbons (Fsp3) is 0.750. The van der Waals surface area contributed by atoms with Gasteiger partial charge in [0.15, 0.2) is 0 Å². The second-order valence-corrected chi connectivity index (χ2v) is 5.87. The van der Waals surface area contributed by atoms with Crippen LogP contribution in [0.5, 0.6) is 0 Å². The van der Waals surface area contributed by atoms with Gasteiger partial charge < -0.3 is 10.2 Å². The third kappa shape index (κ3) is 3.92. The Morgan fingerprint density at radius 3 is 2.37 bits per heavy atom. The topological polar surface area (TPSA) is 72.2 Å². The first-order valence-electron chi connectivity index (χ1n) is 6.17. The average Bonchev–Trinajstić information content (AvgIpc) is 2.28. The van der Waals surface area contributed by atoms with Crippen LogP contribution in [0.15, 0.2) is 9.59 Å². The molecule has 1 N–H and O–H groups in total. The first kappa shape index (κ1) is 15.4. The molecule has 0 aliphatic rings. The maximum Gasteiger partial charge on any atom is 0.346 e. The second kappa shape index (κ2) is 5.56. The predicted octanol–water partition coefficient (Wildman–Crippen LogP) is -0.521. The lowest BCUT2D eigenvalue weighted by Gasteiger charge is -2.28. The molecule has 0 unspecified atom stereocenters. The maximum atomic E-state index is 11.9. The molecule has 0 amide bonds. The summed E-state index contributed by atoms with van der Waals surface area (Å²) in [6.45, 7) is 5.69. The Hall–Kier alpha value is -1.63. The number of hydrogen-bond donors (Lipinski definition) is 1. The Labute approximate surface area is 112 Å². The lowest BCUT2D eigenvalue weighted by molar-refractivity contribution is 0.254. The number of nitrogens with one attached hydrogen (secondary N) is 1. The number of aromatic nitrogens is 3. The molecule has 0 aliphatic heterocycles. The van der Waals surface area contributed by atoms with E-state index in [-0.39, 0.29) is 11.2 Å². The molecule has 7 heteroatoms. The highest BCUT2D eigenvalue weighted by Crippen LogP contribution is 2.15. The smallest absolute Gasteiger partial charge is 0.346 e. The van der Waals surface area contributed by atoms with E-state index < -0.39 is 11.2 Å². The zero-order valence-corrected chi connectivity index (χ0v) is 12.5. The summed E-state index contributed by atoms with van der Waals surface area (Å²) < 4.78 is 2.21. The molecule has 1 aromatic rings. The molecule has 0 spiro atoms. The summed E-state index contributed by atoms with van der Waals surface area (Å²) in [5, 5.41) is 7.00. The molecule has 0 atom stereocenters. The molecule has 0 radical (unpaired) electrons. The first-order valence-corrected chi connectivity index (χ1v) is 6.17. The summed E-state index contributed by atoms with van der Waals surface area (Å²) in [5.74, 6) is 0.205. The molecule has 1 aromatic heterocycles. The van der Waals surface area contributed by atoms with Gasteiger partial charge in [-0.3, -0.25) is 9.36 Å². The van der Waals surface area contributed by atoms with Gasteiger partial charge in [0.05, 0.1) is 0 Å². The fourth-order valence-corrected chi connectivity index (χ4v) is 2.04. The van der Waals surface area contributed by atoms with E-state index in [2.05, 4.69) is 29.2 Å². The van der Waals surface area contributed by atoms with Crippen molar-refractivity contribution in [3.63, 3.8) is 0 Å². The first-order chi connectivity index (χ1) is 8.64. The zero-order valence-electron chi connectivity index (χ0n) is 12.5. The van der Waals surface area contributed by atoms with Gasteiger partial charge in [0, 0.05) is 27.2 Å². The monoisotopic (exact) mass is 269 g/mol. The predicted molar refractivity (Wildman–Crippen MR) is 75.5 cm³/mol. The highest BCUT2D eigenvalue weighted by atomic mass is 16.2. The maximum absolute atomic E-state index is 11.9. The average molecular weight is 269 g/mol. The van der Waals surface area contributed by atoms with E-state index in [1.165, 1.54) is 14.1 Å². The molecule has 1 heterocycles. The van der Waals surface area contributed by atoms with E-state index in [1.807, 2.05) is 14.1 Å². The van der Waals surface area contributed by atoms with Crippen LogP contribution in [-0.2, 0) is 14.1 Å². The van der Waals surface area contributed by atoms with Crippen molar-refractivity contribution in [2.24, 2.45) is 19.5 Å². The van der Waals surface area contributed by atoms with Crippen LogP contribution in [-0.4, -0.2) is 46.4 Å². The molecule has 0 saturated carbocycles. The summed E-state index contributed by atoms with van der Waals surface area (Å²) in [4.78, 5) is 25.5. The largest absolute Gasteiger partial charge is 0.363 e. The van der Waals surface area contributed by atoms with E-state index in [0.717, 1.165) is 15.8 Å². The van der Waals surface area contributed by atoms with Crippen LogP contribution >= 0.6 is 0 Å². The zero-order chi connectivity index (χ0) is 14.8. The van der Waals surface area contributed by atoms with Crippen molar-refractivity contribution in [1.82, 2.24) is 19.2 Å². The van der Waals surface area contributed by atoms with Gasteiger partial charge in [0.1, 0.15) is 0 Å². The Bertz CT molecular complexity index is 556. The SMILES string of the molecule is CN(C)CC(C)(C)CNc1nn(C)c(=O)n(C)c1=O. The summed E-state index contributed by atoms with van der Waals surface area (Å²) >= 11 is 0. The standard InChI is InChI=1S/C12H23N5O2/c1-12(2,8-15(3)4)7-13-9-10(18)16(5)11(19)17(6)14-9/h7-8H2,1-6H3,(H,13,14). The van der Waals surface area contributed by atoms with Crippen molar-refractivity contribution in [1.29, 1.82) is 0 Å². The summed E-state index contributed by atoms with van der Waals surface area (Å²) in [5.41, 5.74) is -0.836. The van der Waals surface area contributed by atoms with Gasteiger partial charge in [0.2, 0.25) is 5.82 Å². The van der Waals surface area contributed by atoms with E-state index in [0.29, 0.717) is 6.54 Å². The molecule has 7 nitrogen and oxygen atoms in total. The summed E-state index contributed by atoms with van der Waals surface area (Å²) in [6, 6.07) is 0. The van der Waals surface area contributed by atoms with Crippen molar-refractivity contribution in [3.05, 3.63) is 20.8 Å². The molecule has 0 bridgehead atoms. The van der Waals surface area contributed by atoms with Crippen LogP contribution in [0.3, 0.4) is 0 Å². The quantitative estimate of drug-likeness (QED) is 0.778. The minimum Gasteiger partial charge on any atom is -0.363 e. The van der Waals surface area contributed by atoms with E-state index in [4.69, 9.17) is 0 Å². The Kier molecular flexibility index (Phi) is 4.52. The number of nitrogens with zero attached hydrogens (tertiary/aromatic N) is 4. The molecule has 0 fully saturated rings. The molecule has 0 aromatic carbocycles. The number of hydrogen-bond acceptors (Lipinski definition) is 5. The minimum atomic E-state index is -0.428. The summed E-state index contributed by atoms with van der Waals surface area (Å²) in [6.07, 6.45) is 0. The van der Waals surface area contributed by atoms with Gasteiger partial charge in [0.25, 0.3) is 5.56 Å². The highest BCUT2D eigenvalue weighted by molar-refractivity contribution is 5.29. The molecule has 1 rings (SSSR count). The van der Waals surface area contributed by atoms with Crippen LogP contribution in [0.2, 0.25) is 0 Å². The van der Waals surface area contributed by atoms with E-state index in [1.54, 1.807) is 0 Å². The van der Waals surface area contributed by atoms with Crippen LogP contribution in [0.25, 0.3) is 0 Å². The number of anilines is 1. The van der Waals surface area contributed by atoms with Crippen molar-refractivity contribution in [2.75, 3.05) is 32.5 Å². The van der Waals surface area contributed by atoms with Gasteiger partial charge in [-0.05, 0) is 19.5 Å². The molecule has 108 valence electrons. The normalized spacial score (nSPS) is 11.9. The van der Waals surface area contributed by atoms with E-state index >= 15 is 0 Å². The van der Waals surface area contributed by atoms with E-state index in [9.17, 15) is 9.59 Å². The van der Waals surface area contributed by atoms with Gasteiger partial charge in [-0.15, -0.1) is 5.10 Å². The molecular weight excluding hydrogens is 246 g/mol. The van der Waals surface area contributed by atoms with Gasteiger partial charge >= 0.3 is 5.69 Å². The van der Waals surface area contributed by atoms with Crippen molar-refractivity contribution in [3.8, 4) is 0 Å². The molecular formula is C12H23N5O2. The van der Waals surface area contributed by atoms with Gasteiger partial charge in [-0.25, -0.2) is 9.48 Å². The Morgan fingerprint density at radius 2 is 1.84 bits per heavy atom. The second-order valence-electron chi connectivity index (χ2n) is 5.87. The molecule has 0 saturated heterocycles. The van der Waals surface area contributed by atoms with Crippen molar-refractivity contribution >= 4 is 5.82 Å². The van der Waals surface area contributed by atoms with Crippen molar-refractivity contribution in [2.45, 2.75) is 13.8 Å². The molecule has 0 aliphatic carbocycles. The van der Waals surface area contributed by atoms with Crippen LogP contribution in [0, 0.1) is 5.41 Å². The Balaban J connectivity index is 2.91. The van der Waals surface area contributed by atoms with Crippen LogP contribution in [0.4, 0.5) is 5.82 Å². The minimum absolute atomic E-state index is 0.00903. The lowest BCUT2D eigenvalue weighted by atomic mass is 9.93. The highest BCUT2D eigenvalue weighted by Gasteiger charge is 2.20. The number of aryl methyl sites for hydroxylation is 1. The third-order valence-corrected chi connectivity index (χ3v) is 2.80. The third-order valence-electron chi connectivity index (χ3n) is 2.80. The molecule has 19 heavy (non-hydrogen) atoms. The lowest BCUT2D eigenvalue weighted by Crippen LogP contribution is -2.41. The summed E-state index contributed by atoms with van der Waals surface area (Å²) in [7, 11) is 6.98. The van der Waals surface area contributed by atoms with Crippen LogP contribution < -0.4 is 16.6 Å². The van der Waals surface area contributed by atoms with Gasteiger partial charge in [-0.1, -0.05) is 13.8 Å². The van der Waals surface area contributed by atoms with Crippen molar-refractivity contribution < 1.29 is 0 Å². The van der Waals surface area contributed by atoms with Crippen LogP contribution in [0.1, 0.15) is 13.8 Å². The Morgan fingerprint density at radius 1 is 1.26 bits per heavy atom. The van der Waals surface area contributed by atoms with Gasteiger partial charge in [-0.2, -0.15) is 0 Å².